The number of benzene rings is 4. The number of hydrogen-bond donors (Lipinski definition) is 9. The van der Waals surface area contributed by atoms with Gasteiger partial charge in [-0.05, 0) is 59.7 Å². The predicted molar refractivity (Wildman–Crippen MR) is 273 cm³/mol. The summed E-state index contributed by atoms with van der Waals surface area (Å²) in [5.41, 5.74) is 16.2. The molecule has 4 aromatic heterocycles. The van der Waals surface area contributed by atoms with Crippen molar-refractivity contribution in [2.45, 2.75) is 34.7 Å². The normalized spacial score (nSPS) is 11.9. The Balaban J connectivity index is 0.872. The first-order chi connectivity index (χ1) is 34.8. The van der Waals surface area contributed by atoms with Gasteiger partial charge in [0, 0.05) is 91.2 Å². The van der Waals surface area contributed by atoms with Crippen LogP contribution in [-0.4, -0.2) is 106 Å². The average Bonchev–Trinajstić information content (AvgIpc) is 4.00. The first-order valence-electron chi connectivity index (χ1n) is 22.3. The number of aromatic amines is 2. The zero-order chi connectivity index (χ0) is 50.7. The summed E-state index contributed by atoms with van der Waals surface area (Å²) in [4.78, 5) is 120. The maximum atomic E-state index is 13.5. The maximum absolute atomic E-state index is 13.5. The monoisotopic (exact) mass is 1010 g/mol. The number of pyridine rings is 2. The lowest BCUT2D eigenvalue weighted by molar-refractivity contribution is -0.128. The Morgan fingerprint density at radius 2 is 1.10 bits per heavy atom. The van der Waals surface area contributed by atoms with Crippen molar-refractivity contribution in [2.24, 2.45) is 11.5 Å². The summed E-state index contributed by atoms with van der Waals surface area (Å²) in [6, 6.07) is 26.6. The van der Waals surface area contributed by atoms with E-state index in [1.165, 1.54) is 26.5 Å². The minimum Gasteiger partial charge on any atom is -0.368 e. The molecule has 0 aliphatic rings. The quantitative estimate of drug-likeness (QED) is 0.0350. The predicted octanol–water partition coefficient (Wildman–Crippen LogP) is 2.90. The zero-order valence-electron chi connectivity index (χ0n) is 38.1. The van der Waals surface area contributed by atoms with Crippen LogP contribution >= 0.6 is 21.6 Å². The van der Waals surface area contributed by atoms with Crippen LogP contribution in [0.3, 0.4) is 0 Å². The van der Waals surface area contributed by atoms with Crippen molar-refractivity contribution >= 4 is 119 Å². The number of nitrogens with zero attached hydrogens (tertiary/aromatic N) is 3. The molecule has 0 saturated heterocycles. The smallest absolute Gasteiger partial charge is 0.251 e. The number of nitrogens with two attached hydrogens (primary N) is 2. The number of carbonyl (C=O) groups is 8. The van der Waals surface area contributed by atoms with Gasteiger partial charge in [-0.25, -0.2) is 0 Å². The molecule has 22 heteroatoms. The van der Waals surface area contributed by atoms with E-state index in [2.05, 4.69) is 46.5 Å². The van der Waals surface area contributed by atoms with Crippen LogP contribution in [0.5, 0.6) is 0 Å². The Hall–Kier alpha value is -8.76. The van der Waals surface area contributed by atoms with Crippen molar-refractivity contribution in [1.82, 2.24) is 46.5 Å². The molecule has 366 valence electrons. The average molecular weight is 1010 g/mol. The van der Waals surface area contributed by atoms with Crippen LogP contribution in [-0.2, 0) is 46.4 Å². The molecule has 0 spiro atoms. The van der Waals surface area contributed by atoms with Gasteiger partial charge in [-0.15, -0.1) is 0 Å². The highest BCUT2D eigenvalue weighted by Gasteiger charge is 2.24. The van der Waals surface area contributed by atoms with Crippen LogP contribution in [0.4, 0.5) is 5.69 Å². The molecule has 0 aliphatic heterocycles. The molecular weight excluding hydrogens is 961 g/mol. The van der Waals surface area contributed by atoms with Crippen molar-refractivity contribution in [2.75, 3.05) is 31.1 Å². The number of hydrogen-bond acceptors (Lipinski definition) is 12. The van der Waals surface area contributed by atoms with E-state index in [4.69, 9.17) is 11.5 Å². The summed E-state index contributed by atoms with van der Waals surface area (Å²) in [6.45, 7) is -1.87. The number of nitrogens with one attached hydrogen (secondary N) is 7. The molecule has 0 saturated carbocycles. The van der Waals surface area contributed by atoms with Crippen LogP contribution in [0, 0.1) is 0 Å². The molecule has 0 bridgehead atoms. The maximum Gasteiger partial charge on any atom is 0.251 e. The highest BCUT2D eigenvalue weighted by molar-refractivity contribution is 8.76. The zero-order valence-corrected chi connectivity index (χ0v) is 39.7. The van der Waals surface area contributed by atoms with Gasteiger partial charge in [-0.2, -0.15) is 0 Å². The molecule has 0 radical (unpaired) electrons. The number of H-pyrrole nitrogens is 2. The number of carbonyl (C=O) groups excluding carboxylic acids is 8. The van der Waals surface area contributed by atoms with Crippen molar-refractivity contribution in [1.29, 1.82) is 0 Å². The fourth-order valence-electron chi connectivity index (χ4n) is 7.88. The number of fused-ring (bicyclic) bond motifs is 4. The highest BCUT2D eigenvalue weighted by atomic mass is 33.1. The summed E-state index contributed by atoms with van der Waals surface area (Å²) in [5, 5.41) is 15.7. The van der Waals surface area contributed by atoms with E-state index in [0.29, 0.717) is 43.7 Å². The summed E-state index contributed by atoms with van der Waals surface area (Å²) in [5.74, 6) is -4.68. The number of primary amides is 2. The number of amides is 8. The molecule has 72 heavy (non-hydrogen) atoms. The Labute approximate surface area is 417 Å². The van der Waals surface area contributed by atoms with Crippen molar-refractivity contribution in [3.05, 3.63) is 139 Å². The molecule has 0 unspecified atom stereocenters. The fraction of sp³-hybridized carbons (Fsp3) is 0.160. The SMILES string of the molecule is NC(=O)[C@H](Cc1c[nH]c2ccccc12)NC(=O)CNC(=O)CNC(=O)c1cc(SSc2cc(N(C=O)CC(=O)NCC(=O)N[C@@H](Cc3c[nH]c4ccccc34)C(N)=O)cc3cccnc23)c2ncccc2c1. The van der Waals surface area contributed by atoms with E-state index < -0.39 is 79.6 Å². The molecule has 8 amide bonds. The van der Waals surface area contributed by atoms with Gasteiger partial charge >= 0.3 is 0 Å². The standard InChI is InChI=1S/C50H46N12O8S2/c51-48(68)38(17-31-21-55-36-11-3-1-9-34(31)36)60-43(65)24-57-42(64)23-59-50(70)30-15-28-7-5-13-53-46(28)40(19-30)71-72-41-20-33(16-29-8-6-14-54-47(29)41)62(27-63)26-45(67)58-25-44(66)61-39(49(52)69)18-32-22-56-37-12-4-2-10-35(32)37/h1-16,19-22,27,38-39,55-56H,17-18,23-26H2,(H2,51,68)(H2,52,69)(H,57,64)(H,58,67)(H,59,70)(H,60,65)(H,61,66)/t38-,39-/m0/s1. The summed E-state index contributed by atoms with van der Waals surface area (Å²) < 4.78 is 0. The fourth-order valence-corrected chi connectivity index (χ4v) is 10.2. The van der Waals surface area contributed by atoms with E-state index in [1.54, 1.807) is 73.3 Å². The van der Waals surface area contributed by atoms with Crippen LogP contribution < -0.4 is 43.0 Å². The van der Waals surface area contributed by atoms with Gasteiger partial charge in [0.1, 0.15) is 18.6 Å². The third-order valence-electron chi connectivity index (χ3n) is 11.4. The first kappa shape index (κ1) is 49.7. The van der Waals surface area contributed by atoms with Crippen molar-refractivity contribution in [3.63, 3.8) is 0 Å². The van der Waals surface area contributed by atoms with Gasteiger partial charge < -0.3 is 52.9 Å². The summed E-state index contributed by atoms with van der Waals surface area (Å²) in [6.07, 6.45) is 7.47. The Morgan fingerprint density at radius 3 is 1.64 bits per heavy atom. The Kier molecular flexibility index (Phi) is 15.7. The topological polar surface area (TPSA) is 309 Å². The van der Waals surface area contributed by atoms with E-state index in [0.717, 1.165) is 32.9 Å². The number of aromatic nitrogens is 4. The minimum absolute atomic E-state index is 0.128. The second kappa shape index (κ2) is 22.8. The third-order valence-corrected chi connectivity index (χ3v) is 13.8. The van der Waals surface area contributed by atoms with Crippen molar-refractivity contribution < 1.29 is 38.4 Å². The minimum atomic E-state index is -1.05. The second-order valence-electron chi connectivity index (χ2n) is 16.4. The summed E-state index contributed by atoms with van der Waals surface area (Å²) in [7, 11) is 2.54. The Morgan fingerprint density at radius 1 is 0.597 bits per heavy atom. The number of para-hydroxylation sites is 2. The number of anilines is 1. The van der Waals surface area contributed by atoms with E-state index in [-0.39, 0.29) is 18.4 Å². The molecular formula is C50H46N12O8S2. The summed E-state index contributed by atoms with van der Waals surface area (Å²) >= 11 is 0. The van der Waals surface area contributed by atoms with Gasteiger partial charge in [0.2, 0.25) is 41.9 Å². The van der Waals surface area contributed by atoms with Crippen LogP contribution in [0.2, 0.25) is 0 Å². The highest BCUT2D eigenvalue weighted by Crippen LogP contribution is 2.44. The van der Waals surface area contributed by atoms with Gasteiger partial charge in [0.15, 0.2) is 0 Å². The molecule has 4 aromatic carbocycles. The number of rotatable bonds is 22. The van der Waals surface area contributed by atoms with Crippen LogP contribution in [0.1, 0.15) is 21.5 Å². The van der Waals surface area contributed by atoms with Gasteiger partial charge in [0.25, 0.3) is 5.91 Å². The van der Waals surface area contributed by atoms with Gasteiger partial charge in [-0.3, -0.25) is 48.3 Å². The lowest BCUT2D eigenvalue weighted by atomic mass is 10.0. The first-order valence-corrected chi connectivity index (χ1v) is 24.4. The van der Waals surface area contributed by atoms with E-state index in [1.807, 2.05) is 48.5 Å². The largest absolute Gasteiger partial charge is 0.368 e. The van der Waals surface area contributed by atoms with Crippen molar-refractivity contribution in [3.8, 4) is 0 Å². The van der Waals surface area contributed by atoms with E-state index >= 15 is 0 Å². The third kappa shape index (κ3) is 12.2. The molecule has 8 rings (SSSR count). The molecule has 8 aromatic rings. The molecule has 2 atom stereocenters. The lowest BCUT2D eigenvalue weighted by Crippen LogP contribution is -2.49. The molecule has 20 nitrogen and oxygen atoms in total. The molecule has 0 aliphatic carbocycles. The second-order valence-corrected chi connectivity index (χ2v) is 18.6. The van der Waals surface area contributed by atoms with Gasteiger partial charge in [0.05, 0.1) is 30.7 Å². The molecule has 4 heterocycles. The molecule has 0 fully saturated rings. The Bertz CT molecular complexity index is 3400. The van der Waals surface area contributed by atoms with Crippen LogP contribution in [0.15, 0.2) is 132 Å². The molecule has 11 N–H and O–H groups in total. The van der Waals surface area contributed by atoms with Gasteiger partial charge in [-0.1, -0.05) is 70.1 Å². The lowest BCUT2D eigenvalue weighted by Gasteiger charge is -2.19. The van der Waals surface area contributed by atoms with Crippen LogP contribution in [0.25, 0.3) is 43.6 Å². The van der Waals surface area contributed by atoms with E-state index in [9.17, 15) is 38.4 Å².